The molecule has 2 nitrogen and oxygen atoms in total. The van der Waals surface area contributed by atoms with E-state index < -0.39 is 0 Å². The molecule has 17 heavy (non-hydrogen) atoms. The molecule has 0 radical (unpaired) electrons. The summed E-state index contributed by atoms with van der Waals surface area (Å²) in [5, 5.41) is 1.32. The molecule has 0 aromatic heterocycles. The number of carbonyl (C=O) groups excluding carboxylic acids is 1. The third-order valence-corrected chi connectivity index (χ3v) is 3.67. The summed E-state index contributed by atoms with van der Waals surface area (Å²) in [6, 6.07) is 0. The van der Waals surface area contributed by atoms with Crippen LogP contribution >= 0.6 is 8.58 Å². The lowest BCUT2D eigenvalue weighted by Crippen LogP contribution is -2.06. The van der Waals surface area contributed by atoms with Crippen LogP contribution in [0.1, 0.15) is 34.1 Å². The van der Waals surface area contributed by atoms with Crippen LogP contribution < -0.4 is 0 Å². The normalized spacial score (nSPS) is 14.5. The summed E-state index contributed by atoms with van der Waals surface area (Å²) in [5.74, 6) is 0.0316. The van der Waals surface area contributed by atoms with E-state index >= 15 is 0 Å². The molecule has 0 rings (SSSR count). The fraction of sp³-hybridized carbons (Fsp3) is 0.429. The summed E-state index contributed by atoms with van der Waals surface area (Å²) in [7, 11) is 0.775. The number of hydrogen-bond donors (Lipinski definition) is 0. The number of allylic oxidation sites excluding steroid dienone is 4. The Bertz CT molecular complexity index is 383. The molecule has 0 aromatic rings. The minimum absolute atomic E-state index is 0.0316. The first-order valence-electron chi connectivity index (χ1n) is 5.75. The Morgan fingerprint density at radius 2 is 2.00 bits per heavy atom. The highest BCUT2D eigenvalue weighted by Crippen LogP contribution is 2.22. The van der Waals surface area contributed by atoms with E-state index in [1.807, 2.05) is 20.0 Å². The van der Waals surface area contributed by atoms with Crippen molar-refractivity contribution in [1.29, 1.82) is 0 Å². The molecule has 0 bridgehead atoms. The molecule has 0 aliphatic carbocycles. The van der Waals surface area contributed by atoms with Gasteiger partial charge in [-0.2, -0.15) is 0 Å². The molecule has 0 N–H and O–H groups in total. The average Bonchev–Trinajstić information content (AvgIpc) is 2.30. The van der Waals surface area contributed by atoms with Crippen LogP contribution in [0.2, 0.25) is 0 Å². The van der Waals surface area contributed by atoms with Gasteiger partial charge in [0.15, 0.2) is 5.78 Å². The smallest absolute Gasteiger partial charge is 0.160 e. The zero-order valence-electron chi connectivity index (χ0n) is 11.4. The first-order chi connectivity index (χ1) is 7.97. The molecular weight excluding hydrogens is 229 g/mol. The van der Waals surface area contributed by atoms with E-state index in [9.17, 15) is 4.79 Å². The van der Waals surface area contributed by atoms with Gasteiger partial charge in [-0.25, -0.2) is 0 Å². The van der Waals surface area contributed by atoms with E-state index in [4.69, 9.17) is 0 Å². The highest BCUT2D eigenvalue weighted by molar-refractivity contribution is 7.42. The maximum atomic E-state index is 11.4. The lowest BCUT2D eigenvalue weighted by atomic mass is 10.0. The molecule has 0 aliphatic heterocycles. The second-order valence-corrected chi connectivity index (χ2v) is 4.85. The predicted molar refractivity (Wildman–Crippen MR) is 79.3 cm³/mol. The number of carbonyl (C=O) groups is 1. The van der Waals surface area contributed by atoms with Crippen molar-refractivity contribution in [1.82, 2.24) is 0 Å². The van der Waals surface area contributed by atoms with Gasteiger partial charge in [0, 0.05) is 17.5 Å². The minimum Gasteiger partial charge on any atom is -0.295 e. The molecule has 1 atom stereocenters. The van der Waals surface area contributed by atoms with Crippen LogP contribution in [-0.2, 0) is 4.79 Å². The van der Waals surface area contributed by atoms with Crippen molar-refractivity contribution in [2.24, 2.45) is 4.99 Å². The van der Waals surface area contributed by atoms with Gasteiger partial charge in [0.25, 0.3) is 0 Å². The Morgan fingerprint density at radius 1 is 1.41 bits per heavy atom. The summed E-state index contributed by atoms with van der Waals surface area (Å²) in [5.41, 5.74) is 2.17. The van der Waals surface area contributed by atoms with Gasteiger partial charge in [0.1, 0.15) is 0 Å². The van der Waals surface area contributed by atoms with Gasteiger partial charge in [-0.15, -0.1) is 0 Å². The number of nitrogens with zero attached hydrogens (tertiary/aromatic N) is 1. The highest BCUT2D eigenvalue weighted by atomic mass is 31.1. The first kappa shape index (κ1) is 16.0. The van der Waals surface area contributed by atoms with E-state index in [0.29, 0.717) is 11.1 Å². The summed E-state index contributed by atoms with van der Waals surface area (Å²) in [6.45, 7) is 13.5. The molecule has 0 saturated carbocycles. The van der Waals surface area contributed by atoms with E-state index in [-0.39, 0.29) is 5.78 Å². The van der Waals surface area contributed by atoms with E-state index in [1.165, 1.54) is 5.31 Å². The zero-order valence-corrected chi connectivity index (χ0v) is 12.4. The predicted octanol–water partition coefficient (Wildman–Crippen LogP) is 4.10. The maximum Gasteiger partial charge on any atom is 0.160 e. The van der Waals surface area contributed by atoms with Gasteiger partial charge >= 0.3 is 0 Å². The van der Waals surface area contributed by atoms with Crippen LogP contribution in [0.15, 0.2) is 40.3 Å². The van der Waals surface area contributed by atoms with Gasteiger partial charge in [-0.3, -0.25) is 9.79 Å². The maximum absolute atomic E-state index is 11.4. The Kier molecular flexibility index (Phi) is 7.65. The van der Waals surface area contributed by atoms with Crippen LogP contribution in [0.25, 0.3) is 0 Å². The van der Waals surface area contributed by atoms with E-state index in [0.717, 1.165) is 20.7 Å². The largest absolute Gasteiger partial charge is 0.295 e. The van der Waals surface area contributed by atoms with Crippen molar-refractivity contribution >= 4 is 20.1 Å². The van der Waals surface area contributed by atoms with Gasteiger partial charge in [0.05, 0.1) is 0 Å². The molecule has 0 amide bonds. The monoisotopic (exact) mass is 251 g/mol. The van der Waals surface area contributed by atoms with Gasteiger partial charge < -0.3 is 0 Å². The molecule has 3 heteroatoms. The summed E-state index contributed by atoms with van der Waals surface area (Å²) in [6.07, 6.45) is 4.70. The van der Waals surface area contributed by atoms with Gasteiger partial charge in [-0.1, -0.05) is 28.2 Å². The Morgan fingerprint density at radius 3 is 2.35 bits per heavy atom. The van der Waals surface area contributed by atoms with E-state index in [1.54, 1.807) is 13.0 Å². The van der Waals surface area contributed by atoms with Crippen molar-refractivity contribution < 1.29 is 4.79 Å². The molecule has 0 saturated heterocycles. The second-order valence-electron chi connectivity index (χ2n) is 3.71. The van der Waals surface area contributed by atoms with Gasteiger partial charge in [-0.05, 0) is 44.7 Å². The number of rotatable bonds is 6. The minimum atomic E-state index is 0.0316. The number of hydrogen-bond acceptors (Lipinski definition) is 2. The zero-order chi connectivity index (χ0) is 13.4. The van der Waals surface area contributed by atoms with E-state index in [2.05, 4.69) is 25.2 Å². The molecular formula is C14H22NOP. The molecule has 0 aromatic carbocycles. The number of Topliss-reactive ketones (excluding diaryl/α,β-unsaturated/α-hetero) is 1. The molecule has 0 heterocycles. The molecule has 1 unspecified atom stereocenters. The summed E-state index contributed by atoms with van der Waals surface area (Å²) in [4.78, 5) is 15.8. The standard InChI is InChI=1S/C14H22NOP/c1-7-13(17-6)9-15-11(4)10(3)14(8-2)12(5)16/h8-9,17H,3,7H2,1-2,4-6H3/b13-9+,14-8+,15-11?. The third-order valence-electron chi connectivity index (χ3n) is 2.55. The lowest BCUT2D eigenvalue weighted by Gasteiger charge is -2.06. The topological polar surface area (TPSA) is 29.4 Å². The molecule has 0 spiro atoms. The fourth-order valence-electron chi connectivity index (χ4n) is 1.37. The third kappa shape index (κ3) is 5.23. The molecule has 0 aliphatic rings. The first-order valence-corrected chi connectivity index (χ1v) is 7.25. The van der Waals surface area contributed by atoms with Crippen LogP contribution in [0.3, 0.4) is 0 Å². The Hall–Kier alpha value is -1.01. The fourth-order valence-corrected chi connectivity index (χ4v) is 1.92. The summed E-state index contributed by atoms with van der Waals surface area (Å²) >= 11 is 0. The van der Waals surface area contributed by atoms with Crippen molar-refractivity contribution in [2.75, 3.05) is 6.66 Å². The molecule has 0 fully saturated rings. The van der Waals surface area contributed by atoms with Crippen molar-refractivity contribution in [3.05, 3.63) is 35.3 Å². The highest BCUT2D eigenvalue weighted by Gasteiger charge is 2.09. The lowest BCUT2D eigenvalue weighted by molar-refractivity contribution is -0.113. The van der Waals surface area contributed by atoms with Crippen molar-refractivity contribution in [3.63, 3.8) is 0 Å². The Balaban J connectivity index is 5.00. The Labute approximate surface area is 106 Å². The second kappa shape index (κ2) is 8.14. The van der Waals surface area contributed by atoms with Crippen LogP contribution in [0.5, 0.6) is 0 Å². The SMILES string of the molecule is C=C(C(C)=N/C=C(\CC)PC)/C(=C\C)C(C)=O. The molecule has 94 valence electrons. The van der Waals surface area contributed by atoms with Crippen molar-refractivity contribution in [2.45, 2.75) is 34.1 Å². The quantitative estimate of drug-likeness (QED) is 0.302. The average molecular weight is 251 g/mol. The number of aliphatic imine (C=N–C) groups is 1. The number of ketones is 1. The summed E-state index contributed by atoms with van der Waals surface area (Å²) < 4.78 is 0. The van der Waals surface area contributed by atoms with Crippen LogP contribution in [0, 0.1) is 0 Å². The van der Waals surface area contributed by atoms with Crippen molar-refractivity contribution in [3.8, 4) is 0 Å². The van der Waals surface area contributed by atoms with Crippen LogP contribution in [0.4, 0.5) is 0 Å². The van der Waals surface area contributed by atoms with Crippen LogP contribution in [-0.4, -0.2) is 18.2 Å². The van der Waals surface area contributed by atoms with Gasteiger partial charge in [0.2, 0.25) is 0 Å².